The zero-order chi connectivity index (χ0) is 19.7. The molecule has 0 spiro atoms. The zero-order valence-corrected chi connectivity index (χ0v) is 17.9. The van der Waals surface area contributed by atoms with Crippen molar-refractivity contribution in [2.45, 2.75) is 50.4 Å². The van der Waals surface area contributed by atoms with E-state index >= 15 is 0 Å². The van der Waals surface area contributed by atoms with Crippen LogP contribution < -0.4 is 5.32 Å². The van der Waals surface area contributed by atoms with Gasteiger partial charge in [-0.3, -0.25) is 4.79 Å². The van der Waals surface area contributed by atoms with Gasteiger partial charge >= 0.3 is 0 Å². The van der Waals surface area contributed by atoms with E-state index in [-0.39, 0.29) is 11.9 Å². The van der Waals surface area contributed by atoms with Crippen molar-refractivity contribution in [2.24, 2.45) is 0 Å². The molecule has 1 amide bonds. The summed E-state index contributed by atoms with van der Waals surface area (Å²) in [6.07, 6.45) is 4.88. The van der Waals surface area contributed by atoms with Gasteiger partial charge in [0, 0.05) is 11.3 Å². The first kappa shape index (κ1) is 19.1. The van der Waals surface area contributed by atoms with Crippen LogP contribution in [0.25, 0.3) is 5.69 Å². The Morgan fingerprint density at radius 3 is 2.96 bits per heavy atom. The van der Waals surface area contributed by atoms with Crippen LogP contribution in [0.4, 0.5) is 0 Å². The third kappa shape index (κ3) is 3.84. The van der Waals surface area contributed by atoms with Gasteiger partial charge in [0.15, 0.2) is 4.34 Å². The average Bonchev–Trinajstić information content (AvgIpc) is 3.29. The van der Waals surface area contributed by atoms with E-state index in [1.165, 1.54) is 39.9 Å². The number of aromatic nitrogens is 4. The molecule has 28 heavy (non-hydrogen) atoms. The Labute approximate surface area is 172 Å². The molecule has 1 aliphatic carbocycles. The highest BCUT2D eigenvalue weighted by Crippen LogP contribution is 2.32. The van der Waals surface area contributed by atoms with Gasteiger partial charge in [0.1, 0.15) is 5.01 Å². The van der Waals surface area contributed by atoms with Gasteiger partial charge in [-0.25, -0.2) is 4.68 Å². The van der Waals surface area contributed by atoms with Gasteiger partial charge in [0.25, 0.3) is 0 Å². The lowest BCUT2D eigenvalue weighted by atomic mass is 9.92. The van der Waals surface area contributed by atoms with Crippen LogP contribution in [-0.4, -0.2) is 31.6 Å². The molecule has 0 saturated carbocycles. The van der Waals surface area contributed by atoms with Crippen molar-refractivity contribution in [3.63, 3.8) is 0 Å². The van der Waals surface area contributed by atoms with Crippen molar-refractivity contribution in [1.82, 2.24) is 25.3 Å². The van der Waals surface area contributed by atoms with Crippen LogP contribution >= 0.6 is 23.1 Å². The molecule has 3 aromatic rings. The number of aryl methyl sites for hydroxylation is 2. The second kappa shape index (κ2) is 8.05. The number of benzene rings is 1. The number of carbonyl (C=O) groups excluding carboxylic acids is 1. The van der Waals surface area contributed by atoms with Crippen molar-refractivity contribution in [3.8, 4) is 5.69 Å². The van der Waals surface area contributed by atoms with E-state index < -0.39 is 0 Å². The van der Waals surface area contributed by atoms with E-state index in [9.17, 15) is 4.79 Å². The lowest BCUT2D eigenvalue weighted by Crippen LogP contribution is -2.32. The van der Waals surface area contributed by atoms with E-state index in [0.717, 1.165) is 39.9 Å². The summed E-state index contributed by atoms with van der Waals surface area (Å²) in [6.45, 7) is 6.17. The van der Waals surface area contributed by atoms with Crippen LogP contribution in [0.5, 0.6) is 0 Å². The molecular weight excluding hydrogens is 390 g/mol. The van der Waals surface area contributed by atoms with Crippen molar-refractivity contribution in [1.29, 1.82) is 0 Å². The van der Waals surface area contributed by atoms with Gasteiger partial charge < -0.3 is 5.32 Å². The number of amides is 1. The first-order valence-corrected chi connectivity index (χ1v) is 11.2. The summed E-state index contributed by atoms with van der Waals surface area (Å²) in [7, 11) is 0. The Morgan fingerprint density at radius 2 is 2.18 bits per heavy atom. The molecule has 2 heterocycles. The van der Waals surface area contributed by atoms with Gasteiger partial charge in [0.05, 0.1) is 23.7 Å². The van der Waals surface area contributed by atoms with E-state index in [0.29, 0.717) is 5.75 Å². The maximum absolute atomic E-state index is 12.5. The standard InChI is InChI=1S/C20H23N5OS2/c1-12-6-4-8-17(13(12)2)25-18-9-5-7-16(15(18)10-21-25)22-19(26)11-27-20-24-23-14(3)28-20/h4,6,8,10,16H,5,7,9,11H2,1-3H3,(H,22,26)/t16-/m1/s1. The monoisotopic (exact) mass is 413 g/mol. The molecule has 1 aliphatic rings. The lowest BCUT2D eigenvalue weighted by molar-refractivity contribution is -0.119. The fourth-order valence-electron chi connectivity index (χ4n) is 3.58. The first-order chi connectivity index (χ1) is 13.5. The maximum atomic E-state index is 12.5. The summed E-state index contributed by atoms with van der Waals surface area (Å²) in [4.78, 5) is 12.5. The van der Waals surface area contributed by atoms with E-state index in [4.69, 9.17) is 0 Å². The summed E-state index contributed by atoms with van der Waals surface area (Å²) in [5.74, 6) is 0.376. The SMILES string of the molecule is Cc1nnc(SCC(=O)N[C@@H]2CCCc3c2cnn3-c2cccc(C)c2C)s1. The number of thioether (sulfide) groups is 1. The molecule has 0 radical (unpaired) electrons. The molecule has 1 atom stereocenters. The van der Waals surface area contributed by atoms with E-state index in [1.54, 1.807) is 0 Å². The third-order valence-corrected chi connectivity index (χ3v) is 7.13. The second-order valence-electron chi connectivity index (χ2n) is 7.07. The fraction of sp³-hybridized carbons (Fsp3) is 0.400. The molecule has 4 rings (SSSR count). The minimum Gasteiger partial charge on any atom is -0.348 e. The number of rotatable bonds is 5. The molecule has 8 heteroatoms. The predicted octanol–water partition coefficient (Wildman–Crippen LogP) is 3.93. The van der Waals surface area contributed by atoms with Crippen LogP contribution in [0.3, 0.4) is 0 Å². The van der Waals surface area contributed by atoms with Crippen LogP contribution in [-0.2, 0) is 11.2 Å². The fourth-order valence-corrected chi connectivity index (χ4v) is 5.21. The molecule has 0 bridgehead atoms. The van der Waals surface area contributed by atoms with Gasteiger partial charge in [-0.15, -0.1) is 10.2 Å². The number of carbonyl (C=O) groups is 1. The van der Waals surface area contributed by atoms with E-state index in [1.807, 2.05) is 13.1 Å². The summed E-state index contributed by atoms with van der Waals surface area (Å²) in [6, 6.07) is 6.32. The summed E-state index contributed by atoms with van der Waals surface area (Å²) in [5, 5.41) is 16.8. The zero-order valence-electron chi connectivity index (χ0n) is 16.2. The minimum atomic E-state index is 0.0203. The normalized spacial score (nSPS) is 16.0. The predicted molar refractivity (Wildman–Crippen MR) is 112 cm³/mol. The lowest BCUT2D eigenvalue weighted by Gasteiger charge is -2.24. The van der Waals surface area contributed by atoms with Gasteiger partial charge in [-0.1, -0.05) is 35.2 Å². The van der Waals surface area contributed by atoms with Crippen molar-refractivity contribution >= 4 is 29.0 Å². The Balaban J connectivity index is 1.49. The van der Waals surface area contributed by atoms with Crippen molar-refractivity contribution in [2.75, 3.05) is 5.75 Å². The van der Waals surface area contributed by atoms with Crippen molar-refractivity contribution in [3.05, 3.63) is 51.8 Å². The molecule has 6 nitrogen and oxygen atoms in total. The second-order valence-corrected chi connectivity index (χ2v) is 9.47. The average molecular weight is 414 g/mol. The molecule has 0 aliphatic heterocycles. The van der Waals surface area contributed by atoms with Gasteiger partial charge in [0.2, 0.25) is 5.91 Å². The Bertz CT molecular complexity index is 1010. The number of nitrogens with one attached hydrogen (secondary N) is 1. The largest absolute Gasteiger partial charge is 0.348 e. The highest BCUT2D eigenvalue weighted by atomic mass is 32.2. The Kier molecular flexibility index (Phi) is 5.50. The molecule has 0 unspecified atom stereocenters. The Hall–Kier alpha value is -2.19. The molecular formula is C20H23N5OS2. The highest BCUT2D eigenvalue weighted by Gasteiger charge is 2.26. The molecule has 146 valence electrons. The summed E-state index contributed by atoms with van der Waals surface area (Å²) >= 11 is 2.95. The summed E-state index contributed by atoms with van der Waals surface area (Å²) < 4.78 is 2.88. The smallest absolute Gasteiger partial charge is 0.230 e. The van der Waals surface area contributed by atoms with Crippen molar-refractivity contribution < 1.29 is 4.79 Å². The Morgan fingerprint density at radius 1 is 1.32 bits per heavy atom. The number of fused-ring (bicyclic) bond motifs is 1. The quantitative estimate of drug-likeness (QED) is 0.642. The molecule has 0 fully saturated rings. The molecule has 1 aromatic carbocycles. The number of hydrogen-bond donors (Lipinski definition) is 1. The van der Waals surface area contributed by atoms with Crippen LogP contribution in [0.1, 0.15) is 46.3 Å². The first-order valence-electron chi connectivity index (χ1n) is 9.38. The number of nitrogens with zero attached hydrogens (tertiary/aromatic N) is 4. The minimum absolute atomic E-state index is 0.0203. The van der Waals surface area contributed by atoms with Crippen LogP contribution in [0.2, 0.25) is 0 Å². The number of hydrogen-bond acceptors (Lipinski definition) is 6. The van der Waals surface area contributed by atoms with E-state index in [2.05, 4.69) is 57.3 Å². The molecule has 0 saturated heterocycles. The van der Waals surface area contributed by atoms with Crippen LogP contribution in [0, 0.1) is 20.8 Å². The van der Waals surface area contributed by atoms with Gasteiger partial charge in [-0.2, -0.15) is 5.10 Å². The highest BCUT2D eigenvalue weighted by molar-refractivity contribution is 8.01. The molecule has 1 N–H and O–H groups in total. The summed E-state index contributed by atoms with van der Waals surface area (Å²) in [5.41, 5.74) is 5.96. The molecule has 2 aromatic heterocycles. The van der Waals surface area contributed by atoms with Gasteiger partial charge in [-0.05, 0) is 57.2 Å². The maximum Gasteiger partial charge on any atom is 0.230 e. The third-order valence-electron chi connectivity index (χ3n) is 5.16. The van der Waals surface area contributed by atoms with Crippen LogP contribution in [0.15, 0.2) is 28.7 Å². The topological polar surface area (TPSA) is 72.7 Å².